The smallest absolute Gasteiger partial charge is 0.352 e. The van der Waals surface area contributed by atoms with Crippen LogP contribution in [0.25, 0.3) is 10.4 Å². The fraction of sp³-hybridized carbons (Fsp3) is 0.846. The standard InChI is InChI=1S/C26H46N5O7P/c1-3-4-5-6-7-8-9-10-11-12-13-14-15-16-17-36-39(34,35)37-20-23-22(29-30-27)18-24(38-23)31-19-21(2)25(32)28-26(31)33/h19,22-24H,3-18,20H2,1-2H3,(H,34,35)(H,28,32,33)/t22-,23+,24+/m0/s1. The van der Waals surface area contributed by atoms with Crippen molar-refractivity contribution in [1.29, 1.82) is 0 Å². The summed E-state index contributed by atoms with van der Waals surface area (Å²) in [6.45, 7) is 3.54. The van der Waals surface area contributed by atoms with E-state index in [-0.39, 0.29) is 19.6 Å². The lowest BCUT2D eigenvalue weighted by molar-refractivity contribution is -0.0284. The molecule has 0 bridgehead atoms. The first kappa shape index (κ1) is 33.3. The number of azide groups is 1. The highest BCUT2D eigenvalue weighted by Crippen LogP contribution is 2.44. The first-order valence-electron chi connectivity index (χ1n) is 14.4. The van der Waals surface area contributed by atoms with Crippen LogP contribution in [0.4, 0.5) is 0 Å². The molecule has 0 saturated carbocycles. The van der Waals surface area contributed by atoms with E-state index >= 15 is 0 Å². The zero-order valence-electron chi connectivity index (χ0n) is 23.5. The third-order valence-electron chi connectivity index (χ3n) is 7.01. The van der Waals surface area contributed by atoms with E-state index in [1.165, 1.54) is 75.0 Å². The second-order valence-electron chi connectivity index (χ2n) is 10.3. The van der Waals surface area contributed by atoms with Crippen LogP contribution in [-0.2, 0) is 18.3 Å². The van der Waals surface area contributed by atoms with E-state index in [1.807, 2.05) is 0 Å². The third kappa shape index (κ3) is 12.8. The minimum atomic E-state index is -4.32. The van der Waals surface area contributed by atoms with Gasteiger partial charge in [0.25, 0.3) is 5.56 Å². The molecule has 0 spiro atoms. The van der Waals surface area contributed by atoms with Gasteiger partial charge in [0.15, 0.2) is 0 Å². The number of aromatic nitrogens is 2. The van der Waals surface area contributed by atoms with Gasteiger partial charge >= 0.3 is 13.5 Å². The van der Waals surface area contributed by atoms with Crippen LogP contribution in [0.2, 0.25) is 0 Å². The zero-order valence-corrected chi connectivity index (χ0v) is 24.4. The fourth-order valence-electron chi connectivity index (χ4n) is 4.71. The molecular weight excluding hydrogens is 525 g/mol. The van der Waals surface area contributed by atoms with E-state index < -0.39 is 37.4 Å². The Balaban J connectivity index is 1.60. The average molecular weight is 572 g/mol. The predicted molar refractivity (Wildman–Crippen MR) is 150 cm³/mol. The van der Waals surface area contributed by atoms with E-state index in [2.05, 4.69) is 21.9 Å². The Morgan fingerprint density at radius 1 is 1.05 bits per heavy atom. The number of H-pyrrole nitrogens is 1. The summed E-state index contributed by atoms with van der Waals surface area (Å²) < 4.78 is 29.5. The van der Waals surface area contributed by atoms with Gasteiger partial charge in [-0.1, -0.05) is 95.5 Å². The van der Waals surface area contributed by atoms with Gasteiger partial charge in [0, 0.05) is 23.1 Å². The van der Waals surface area contributed by atoms with Crippen molar-refractivity contribution < 1.29 is 23.2 Å². The van der Waals surface area contributed by atoms with Gasteiger partial charge in [-0.25, -0.2) is 9.36 Å². The Labute approximate surface area is 230 Å². The van der Waals surface area contributed by atoms with Crippen LogP contribution in [-0.4, -0.2) is 39.8 Å². The number of hydrogen-bond acceptors (Lipinski definition) is 7. The van der Waals surface area contributed by atoms with Crippen LogP contribution in [0.3, 0.4) is 0 Å². The minimum Gasteiger partial charge on any atom is -0.352 e. The molecule has 1 aromatic heterocycles. The molecule has 1 aromatic rings. The second kappa shape index (κ2) is 18.4. The summed E-state index contributed by atoms with van der Waals surface area (Å²) in [5.41, 5.74) is 8.03. The van der Waals surface area contributed by atoms with Gasteiger partial charge in [0.1, 0.15) is 6.23 Å². The molecule has 2 heterocycles. The highest BCUT2D eigenvalue weighted by Gasteiger charge is 2.38. The summed E-state index contributed by atoms with van der Waals surface area (Å²) >= 11 is 0. The molecule has 12 nitrogen and oxygen atoms in total. The summed E-state index contributed by atoms with van der Waals surface area (Å²) in [5, 5.41) is 3.67. The van der Waals surface area contributed by atoms with Crippen molar-refractivity contribution in [3.63, 3.8) is 0 Å². The first-order chi connectivity index (χ1) is 18.8. The summed E-state index contributed by atoms with van der Waals surface area (Å²) in [7, 11) is -4.32. The van der Waals surface area contributed by atoms with Crippen molar-refractivity contribution in [2.45, 2.75) is 129 Å². The highest BCUT2D eigenvalue weighted by molar-refractivity contribution is 7.47. The first-order valence-corrected chi connectivity index (χ1v) is 15.9. The maximum atomic E-state index is 12.3. The molecule has 1 unspecified atom stereocenters. The SMILES string of the molecule is CCCCCCCCCCCCCCCCOP(=O)(O)OC[C@H]1O[C@@H](n2cc(C)c(=O)[nH]c2=O)C[C@@H]1N=[N+]=[N-]. The number of hydrogen-bond donors (Lipinski definition) is 2. The largest absolute Gasteiger partial charge is 0.472 e. The molecule has 1 fully saturated rings. The van der Waals surface area contributed by atoms with Crippen molar-refractivity contribution in [2.24, 2.45) is 5.11 Å². The Hall–Kier alpha value is -1.94. The van der Waals surface area contributed by atoms with Crippen molar-refractivity contribution >= 4 is 7.82 Å². The number of aromatic amines is 1. The number of aryl methyl sites for hydroxylation is 1. The fourth-order valence-corrected chi connectivity index (χ4v) is 5.47. The number of unbranched alkanes of at least 4 members (excludes halogenated alkanes) is 13. The van der Waals surface area contributed by atoms with Crippen LogP contribution < -0.4 is 11.2 Å². The Morgan fingerprint density at radius 2 is 1.62 bits per heavy atom. The predicted octanol–water partition coefficient (Wildman–Crippen LogP) is 6.43. The summed E-state index contributed by atoms with van der Waals surface area (Å²) in [6.07, 6.45) is 16.8. The van der Waals surface area contributed by atoms with Crippen LogP contribution in [0.15, 0.2) is 20.9 Å². The van der Waals surface area contributed by atoms with Gasteiger partial charge in [-0.05, 0) is 18.9 Å². The summed E-state index contributed by atoms with van der Waals surface area (Å²) in [4.78, 5) is 38.8. The molecule has 1 aliphatic heterocycles. The average Bonchev–Trinajstić information content (AvgIpc) is 3.30. The normalized spacial score (nSPS) is 20.5. The number of ether oxygens (including phenoxy) is 1. The molecule has 0 amide bonds. The van der Waals surface area contributed by atoms with Crippen LogP contribution in [0.5, 0.6) is 0 Å². The van der Waals surface area contributed by atoms with E-state index in [0.29, 0.717) is 12.0 Å². The lowest BCUT2D eigenvalue weighted by atomic mass is 10.0. The molecule has 13 heteroatoms. The van der Waals surface area contributed by atoms with Crippen LogP contribution in [0, 0.1) is 6.92 Å². The van der Waals surface area contributed by atoms with Gasteiger partial charge < -0.3 is 9.63 Å². The maximum absolute atomic E-state index is 12.3. The molecule has 2 N–H and O–H groups in total. The molecular formula is C26H46N5O7P. The maximum Gasteiger partial charge on any atom is 0.472 e. The number of nitrogens with one attached hydrogen (secondary N) is 1. The molecule has 222 valence electrons. The van der Waals surface area contributed by atoms with E-state index in [4.69, 9.17) is 19.3 Å². The Bertz CT molecular complexity index is 1060. The number of phosphoric ester groups is 1. The lowest BCUT2D eigenvalue weighted by Crippen LogP contribution is -2.33. The van der Waals surface area contributed by atoms with Gasteiger partial charge in [0.05, 0.1) is 25.4 Å². The van der Waals surface area contributed by atoms with Gasteiger partial charge in [-0.2, -0.15) is 0 Å². The lowest BCUT2D eigenvalue weighted by Gasteiger charge is -2.18. The topological polar surface area (TPSA) is 169 Å². The molecule has 0 radical (unpaired) electrons. The van der Waals surface area contributed by atoms with Crippen molar-refractivity contribution in [1.82, 2.24) is 9.55 Å². The van der Waals surface area contributed by atoms with Crippen molar-refractivity contribution in [2.75, 3.05) is 13.2 Å². The second-order valence-corrected chi connectivity index (χ2v) is 11.8. The van der Waals surface area contributed by atoms with Crippen molar-refractivity contribution in [3.8, 4) is 0 Å². The van der Waals surface area contributed by atoms with Gasteiger partial charge in [0.2, 0.25) is 0 Å². The molecule has 4 atom stereocenters. The van der Waals surface area contributed by atoms with Crippen molar-refractivity contribution in [3.05, 3.63) is 43.0 Å². The zero-order chi connectivity index (χ0) is 28.5. The minimum absolute atomic E-state index is 0.103. The van der Waals surface area contributed by atoms with Gasteiger partial charge in [-0.3, -0.25) is 23.4 Å². The number of nitrogens with zero attached hydrogens (tertiary/aromatic N) is 4. The monoisotopic (exact) mass is 571 g/mol. The number of rotatable bonds is 21. The highest BCUT2D eigenvalue weighted by atomic mass is 31.2. The number of phosphoric acid groups is 1. The molecule has 2 rings (SSSR count). The third-order valence-corrected chi connectivity index (χ3v) is 8.00. The molecule has 0 aromatic carbocycles. The molecule has 1 saturated heterocycles. The van der Waals surface area contributed by atoms with Crippen LogP contribution in [0.1, 0.15) is 115 Å². The van der Waals surface area contributed by atoms with E-state index in [0.717, 1.165) is 19.3 Å². The summed E-state index contributed by atoms with van der Waals surface area (Å²) in [6, 6.07) is -0.732. The van der Waals surface area contributed by atoms with E-state index in [9.17, 15) is 19.0 Å². The van der Waals surface area contributed by atoms with E-state index in [1.54, 1.807) is 6.92 Å². The summed E-state index contributed by atoms with van der Waals surface area (Å²) in [5.74, 6) is 0. The quantitative estimate of drug-likeness (QED) is 0.0563. The molecule has 0 aliphatic carbocycles. The van der Waals surface area contributed by atoms with Gasteiger partial charge in [-0.15, -0.1) is 0 Å². The van der Waals surface area contributed by atoms with Crippen LogP contribution >= 0.6 is 7.82 Å². The molecule has 39 heavy (non-hydrogen) atoms. The Morgan fingerprint density at radius 3 is 2.18 bits per heavy atom. The Kier molecular flexibility index (Phi) is 15.7. The molecule has 1 aliphatic rings.